The van der Waals surface area contributed by atoms with Gasteiger partial charge < -0.3 is 10.3 Å². The van der Waals surface area contributed by atoms with Crippen LogP contribution in [0.15, 0.2) is 17.2 Å². The number of hydrogen-bond donors (Lipinski definition) is 3. The highest BCUT2D eigenvalue weighted by Crippen LogP contribution is 2.09. The summed E-state index contributed by atoms with van der Waals surface area (Å²) >= 11 is 0. The van der Waals surface area contributed by atoms with Crippen molar-refractivity contribution in [2.45, 2.75) is 31.3 Å². The lowest BCUT2D eigenvalue weighted by atomic mass is 10.3. The largest absolute Gasteiger partial charge is 0.363 e. The summed E-state index contributed by atoms with van der Waals surface area (Å²) in [6.45, 7) is 4.71. The molecule has 0 aliphatic carbocycles. The van der Waals surface area contributed by atoms with E-state index < -0.39 is 10.0 Å². The van der Waals surface area contributed by atoms with E-state index in [9.17, 15) is 8.42 Å². The average molecular weight is 231 g/mol. The van der Waals surface area contributed by atoms with E-state index in [1.165, 1.54) is 13.2 Å². The van der Waals surface area contributed by atoms with Crippen LogP contribution in [-0.2, 0) is 16.6 Å². The summed E-state index contributed by atoms with van der Waals surface area (Å²) in [6, 6.07) is 2.00. The molecule has 0 saturated heterocycles. The normalized spacial score (nSPS) is 12.3. The van der Waals surface area contributed by atoms with Crippen LogP contribution in [0.2, 0.25) is 0 Å². The van der Waals surface area contributed by atoms with Crippen molar-refractivity contribution in [2.24, 2.45) is 0 Å². The molecule has 0 unspecified atom stereocenters. The third-order valence-electron chi connectivity index (χ3n) is 2.00. The molecule has 1 aromatic rings. The summed E-state index contributed by atoms with van der Waals surface area (Å²) in [4.78, 5) is 3.19. The first-order valence-corrected chi connectivity index (χ1v) is 6.28. The molecule has 1 heterocycles. The summed E-state index contributed by atoms with van der Waals surface area (Å²) in [5.41, 5.74) is 0.859. The summed E-state index contributed by atoms with van der Waals surface area (Å²) in [7, 11) is -1.93. The Bertz CT molecular complexity index is 409. The van der Waals surface area contributed by atoms with Gasteiger partial charge in [0.1, 0.15) is 0 Å². The highest BCUT2D eigenvalue weighted by atomic mass is 32.2. The molecule has 0 aromatic carbocycles. The number of H-pyrrole nitrogens is 1. The number of aromatic amines is 1. The molecule has 15 heavy (non-hydrogen) atoms. The molecule has 0 fully saturated rings. The standard InChI is InChI=1S/C9H17N3O2S/c1-7(2)11-5-8-4-9(6-12-8)15(13,14)10-3/h4,6-7,10-12H,5H2,1-3H3. The van der Waals surface area contributed by atoms with E-state index in [1.807, 2.05) is 13.8 Å². The summed E-state index contributed by atoms with van der Waals surface area (Å²) in [5.74, 6) is 0. The van der Waals surface area contributed by atoms with E-state index in [1.54, 1.807) is 6.07 Å². The molecule has 0 amide bonds. The lowest BCUT2D eigenvalue weighted by molar-refractivity contribution is 0.582. The average Bonchev–Trinajstić information content (AvgIpc) is 2.63. The minimum absolute atomic E-state index is 0.269. The van der Waals surface area contributed by atoms with Gasteiger partial charge in [-0.3, -0.25) is 0 Å². The fourth-order valence-corrected chi connectivity index (χ4v) is 1.86. The van der Waals surface area contributed by atoms with Crippen LogP contribution in [0.3, 0.4) is 0 Å². The van der Waals surface area contributed by atoms with Gasteiger partial charge in [-0.1, -0.05) is 13.8 Å². The first kappa shape index (κ1) is 12.2. The van der Waals surface area contributed by atoms with Gasteiger partial charge in [0.2, 0.25) is 10.0 Å². The molecule has 1 aromatic heterocycles. The van der Waals surface area contributed by atoms with E-state index in [2.05, 4.69) is 15.0 Å². The molecule has 1 rings (SSSR count). The Labute approximate surface area is 90.3 Å². The lowest BCUT2D eigenvalue weighted by Gasteiger charge is -2.05. The lowest BCUT2D eigenvalue weighted by Crippen LogP contribution is -2.22. The van der Waals surface area contributed by atoms with Crippen molar-refractivity contribution in [3.63, 3.8) is 0 Å². The number of sulfonamides is 1. The van der Waals surface area contributed by atoms with Crippen molar-refractivity contribution >= 4 is 10.0 Å². The molecule has 0 saturated carbocycles. The minimum atomic E-state index is -3.32. The zero-order valence-corrected chi connectivity index (χ0v) is 9.98. The van der Waals surface area contributed by atoms with Crippen molar-refractivity contribution in [2.75, 3.05) is 7.05 Å². The Hall–Kier alpha value is -0.850. The molecule has 0 aliphatic heterocycles. The highest BCUT2D eigenvalue weighted by molar-refractivity contribution is 7.89. The quantitative estimate of drug-likeness (QED) is 0.687. The van der Waals surface area contributed by atoms with Gasteiger partial charge in [0.25, 0.3) is 0 Å². The Morgan fingerprint density at radius 1 is 1.47 bits per heavy atom. The van der Waals surface area contributed by atoms with Crippen LogP contribution >= 0.6 is 0 Å². The molecule has 0 aliphatic rings. The predicted molar refractivity (Wildman–Crippen MR) is 59.0 cm³/mol. The van der Waals surface area contributed by atoms with E-state index >= 15 is 0 Å². The topological polar surface area (TPSA) is 74.0 Å². The minimum Gasteiger partial charge on any atom is -0.363 e. The first-order valence-electron chi connectivity index (χ1n) is 4.80. The molecule has 0 bridgehead atoms. The van der Waals surface area contributed by atoms with Crippen LogP contribution < -0.4 is 10.0 Å². The zero-order chi connectivity index (χ0) is 11.5. The van der Waals surface area contributed by atoms with Gasteiger partial charge in [-0.15, -0.1) is 0 Å². The number of hydrogen-bond acceptors (Lipinski definition) is 3. The van der Waals surface area contributed by atoms with Gasteiger partial charge in [-0.2, -0.15) is 0 Å². The smallest absolute Gasteiger partial charge is 0.241 e. The Morgan fingerprint density at radius 2 is 2.13 bits per heavy atom. The maximum Gasteiger partial charge on any atom is 0.241 e. The second kappa shape index (κ2) is 4.78. The maximum absolute atomic E-state index is 11.4. The Morgan fingerprint density at radius 3 is 2.67 bits per heavy atom. The van der Waals surface area contributed by atoms with Crippen molar-refractivity contribution in [3.8, 4) is 0 Å². The molecule has 86 valence electrons. The zero-order valence-electron chi connectivity index (χ0n) is 9.16. The molecule has 0 atom stereocenters. The maximum atomic E-state index is 11.4. The number of aromatic nitrogens is 1. The van der Waals surface area contributed by atoms with E-state index in [0.29, 0.717) is 12.6 Å². The third kappa shape index (κ3) is 3.33. The second-order valence-electron chi connectivity index (χ2n) is 3.60. The van der Waals surface area contributed by atoms with Crippen molar-refractivity contribution in [1.29, 1.82) is 0 Å². The van der Waals surface area contributed by atoms with Crippen LogP contribution in [0.4, 0.5) is 0 Å². The molecular weight excluding hydrogens is 214 g/mol. The van der Waals surface area contributed by atoms with Crippen molar-refractivity contribution in [1.82, 2.24) is 15.0 Å². The Balaban J connectivity index is 2.73. The van der Waals surface area contributed by atoms with Crippen LogP contribution in [0, 0.1) is 0 Å². The molecule has 0 radical (unpaired) electrons. The van der Waals surface area contributed by atoms with E-state index in [0.717, 1.165) is 5.69 Å². The van der Waals surface area contributed by atoms with Crippen molar-refractivity contribution in [3.05, 3.63) is 18.0 Å². The van der Waals surface area contributed by atoms with Crippen LogP contribution in [0.1, 0.15) is 19.5 Å². The van der Waals surface area contributed by atoms with Gasteiger partial charge >= 0.3 is 0 Å². The van der Waals surface area contributed by atoms with Crippen LogP contribution in [0.25, 0.3) is 0 Å². The number of rotatable bonds is 5. The van der Waals surface area contributed by atoms with Gasteiger partial charge in [-0.05, 0) is 13.1 Å². The fraction of sp³-hybridized carbons (Fsp3) is 0.556. The van der Waals surface area contributed by atoms with Crippen LogP contribution in [0.5, 0.6) is 0 Å². The van der Waals surface area contributed by atoms with Crippen LogP contribution in [-0.4, -0.2) is 26.5 Å². The van der Waals surface area contributed by atoms with Crippen molar-refractivity contribution < 1.29 is 8.42 Å². The molecule has 5 nitrogen and oxygen atoms in total. The summed E-state index contributed by atoms with van der Waals surface area (Å²) in [6.07, 6.45) is 1.49. The molecule has 0 spiro atoms. The summed E-state index contributed by atoms with van der Waals surface area (Å²) in [5, 5.41) is 3.20. The van der Waals surface area contributed by atoms with Gasteiger partial charge in [0.15, 0.2) is 0 Å². The summed E-state index contributed by atoms with van der Waals surface area (Å²) < 4.78 is 25.1. The second-order valence-corrected chi connectivity index (χ2v) is 5.49. The monoisotopic (exact) mass is 231 g/mol. The molecular formula is C9H17N3O2S. The van der Waals surface area contributed by atoms with Gasteiger partial charge in [0, 0.05) is 24.5 Å². The van der Waals surface area contributed by atoms with E-state index in [-0.39, 0.29) is 4.90 Å². The Kier molecular flexibility index (Phi) is 3.90. The fourth-order valence-electron chi connectivity index (χ4n) is 1.11. The van der Waals surface area contributed by atoms with Gasteiger partial charge in [0.05, 0.1) is 4.90 Å². The van der Waals surface area contributed by atoms with Gasteiger partial charge in [-0.25, -0.2) is 13.1 Å². The molecule has 6 heteroatoms. The first-order chi connectivity index (χ1) is 6.95. The molecule has 3 N–H and O–H groups in total. The number of nitrogens with one attached hydrogen (secondary N) is 3. The third-order valence-corrected chi connectivity index (χ3v) is 3.39. The highest BCUT2D eigenvalue weighted by Gasteiger charge is 2.12. The SMILES string of the molecule is CNS(=O)(=O)c1c[nH]c(CNC(C)C)c1. The van der Waals surface area contributed by atoms with E-state index in [4.69, 9.17) is 0 Å². The predicted octanol–water partition coefficient (Wildman–Crippen LogP) is 0.421.